The van der Waals surface area contributed by atoms with Crippen LogP contribution in [0.1, 0.15) is 10.4 Å². The summed E-state index contributed by atoms with van der Waals surface area (Å²) < 4.78 is 1.11. The molecule has 116 valence electrons. The molecule has 1 aromatic heterocycles. The van der Waals surface area contributed by atoms with Gasteiger partial charge >= 0.3 is 0 Å². The topological polar surface area (TPSA) is 23.6 Å². The maximum atomic E-state index is 12.3. The molecule has 0 N–H and O–H groups in total. The normalized spacial score (nSPS) is 15.2. The Bertz CT molecular complexity index is 649. The van der Waals surface area contributed by atoms with Gasteiger partial charge < -0.3 is 9.80 Å². The third-order valence-corrected chi connectivity index (χ3v) is 5.41. The van der Waals surface area contributed by atoms with E-state index in [1.54, 1.807) is 11.3 Å². The Morgan fingerprint density at radius 1 is 1.23 bits per heavy atom. The van der Waals surface area contributed by atoms with Crippen molar-refractivity contribution in [1.29, 1.82) is 0 Å². The van der Waals surface area contributed by atoms with E-state index < -0.39 is 0 Å². The van der Waals surface area contributed by atoms with Crippen LogP contribution in [0.5, 0.6) is 0 Å². The Morgan fingerprint density at radius 2 is 2.00 bits per heavy atom. The predicted octanol–water partition coefficient (Wildman–Crippen LogP) is 3.71. The summed E-state index contributed by atoms with van der Waals surface area (Å²) in [6, 6.07) is 10.4. The standard InChI is InChI=1S/C17H19BrN2OS/c1-13-11-14(18)4-5-16(13)19-6-8-20(9-7-19)17(21)12-15-3-2-10-22-15/h2-5,10-11H,6-9,12H2,1H3. The molecule has 0 saturated carbocycles. The number of nitrogens with zero attached hydrogens (tertiary/aromatic N) is 2. The molecule has 0 atom stereocenters. The molecule has 0 aliphatic carbocycles. The summed E-state index contributed by atoms with van der Waals surface area (Å²) in [5.74, 6) is 0.245. The lowest BCUT2D eigenvalue weighted by Gasteiger charge is -2.37. The van der Waals surface area contributed by atoms with Crippen molar-refractivity contribution in [2.75, 3.05) is 31.1 Å². The number of piperazine rings is 1. The van der Waals surface area contributed by atoms with Crippen LogP contribution in [0.4, 0.5) is 5.69 Å². The lowest BCUT2D eigenvalue weighted by molar-refractivity contribution is -0.130. The Balaban J connectivity index is 1.59. The highest BCUT2D eigenvalue weighted by Gasteiger charge is 2.22. The van der Waals surface area contributed by atoms with Gasteiger partial charge in [-0.15, -0.1) is 11.3 Å². The molecule has 22 heavy (non-hydrogen) atoms. The smallest absolute Gasteiger partial charge is 0.227 e. The number of hydrogen-bond acceptors (Lipinski definition) is 3. The highest BCUT2D eigenvalue weighted by Crippen LogP contribution is 2.25. The Kier molecular flexibility index (Phi) is 4.84. The fraction of sp³-hybridized carbons (Fsp3) is 0.353. The number of thiophene rings is 1. The maximum absolute atomic E-state index is 12.3. The monoisotopic (exact) mass is 378 g/mol. The fourth-order valence-electron chi connectivity index (χ4n) is 2.84. The van der Waals surface area contributed by atoms with Crippen molar-refractivity contribution in [3.63, 3.8) is 0 Å². The minimum absolute atomic E-state index is 0.245. The molecular weight excluding hydrogens is 360 g/mol. The second-order valence-electron chi connectivity index (χ2n) is 5.55. The van der Waals surface area contributed by atoms with Crippen LogP contribution in [0.2, 0.25) is 0 Å². The molecule has 1 aliphatic heterocycles. The summed E-state index contributed by atoms with van der Waals surface area (Å²) in [5.41, 5.74) is 2.54. The van der Waals surface area contributed by atoms with Gasteiger partial charge in [0.2, 0.25) is 5.91 Å². The third-order valence-electron chi connectivity index (χ3n) is 4.04. The summed E-state index contributed by atoms with van der Waals surface area (Å²) in [5, 5.41) is 2.02. The van der Waals surface area contributed by atoms with Crippen LogP contribution < -0.4 is 4.90 Å². The number of amides is 1. The SMILES string of the molecule is Cc1cc(Br)ccc1N1CCN(C(=O)Cc2cccs2)CC1. The van der Waals surface area contributed by atoms with E-state index in [0.717, 1.165) is 35.5 Å². The number of rotatable bonds is 3. The first-order valence-corrected chi connectivity index (χ1v) is 9.12. The molecule has 1 fully saturated rings. The van der Waals surface area contributed by atoms with Crippen LogP contribution in [-0.2, 0) is 11.2 Å². The zero-order chi connectivity index (χ0) is 15.5. The van der Waals surface area contributed by atoms with E-state index in [4.69, 9.17) is 0 Å². The van der Waals surface area contributed by atoms with Crippen molar-refractivity contribution in [2.24, 2.45) is 0 Å². The Hall–Kier alpha value is -1.33. The Morgan fingerprint density at radius 3 is 2.64 bits per heavy atom. The molecule has 3 nitrogen and oxygen atoms in total. The Labute approximate surface area is 143 Å². The van der Waals surface area contributed by atoms with Crippen LogP contribution in [-0.4, -0.2) is 37.0 Å². The average Bonchev–Trinajstić information content (AvgIpc) is 3.00. The number of carbonyl (C=O) groups is 1. The van der Waals surface area contributed by atoms with Crippen LogP contribution in [0.15, 0.2) is 40.2 Å². The molecule has 0 unspecified atom stereocenters. The molecule has 0 bridgehead atoms. The number of anilines is 1. The van der Waals surface area contributed by atoms with E-state index >= 15 is 0 Å². The van der Waals surface area contributed by atoms with E-state index in [2.05, 4.69) is 46.0 Å². The van der Waals surface area contributed by atoms with Gasteiger partial charge in [0.15, 0.2) is 0 Å². The van der Waals surface area contributed by atoms with E-state index in [1.165, 1.54) is 11.3 Å². The van der Waals surface area contributed by atoms with Crippen molar-refractivity contribution in [1.82, 2.24) is 4.90 Å². The minimum atomic E-state index is 0.245. The number of aryl methyl sites for hydroxylation is 1. The van der Waals surface area contributed by atoms with Gasteiger partial charge in [-0.25, -0.2) is 0 Å². The second-order valence-corrected chi connectivity index (χ2v) is 7.50. The van der Waals surface area contributed by atoms with Gasteiger partial charge in [-0.3, -0.25) is 4.79 Å². The fourth-order valence-corrected chi connectivity index (χ4v) is 4.02. The van der Waals surface area contributed by atoms with Gasteiger partial charge in [0.1, 0.15) is 0 Å². The summed E-state index contributed by atoms with van der Waals surface area (Å²) >= 11 is 5.16. The number of halogens is 1. The predicted molar refractivity (Wildman–Crippen MR) is 95.7 cm³/mol. The highest BCUT2D eigenvalue weighted by atomic mass is 79.9. The quantitative estimate of drug-likeness (QED) is 0.812. The molecule has 5 heteroatoms. The van der Waals surface area contributed by atoms with Gasteiger partial charge in [0.05, 0.1) is 6.42 Å². The molecule has 1 saturated heterocycles. The lowest BCUT2D eigenvalue weighted by atomic mass is 10.1. The first kappa shape index (κ1) is 15.6. The summed E-state index contributed by atoms with van der Waals surface area (Å²) in [6.45, 7) is 5.55. The first-order chi connectivity index (χ1) is 10.6. The molecule has 1 aromatic carbocycles. The molecular formula is C17H19BrN2OS. The van der Waals surface area contributed by atoms with Gasteiger partial charge in [-0.2, -0.15) is 0 Å². The molecule has 3 rings (SSSR count). The van der Waals surface area contributed by atoms with Crippen molar-refractivity contribution < 1.29 is 4.79 Å². The zero-order valence-electron chi connectivity index (χ0n) is 12.6. The number of hydrogen-bond donors (Lipinski definition) is 0. The van der Waals surface area contributed by atoms with Crippen LogP contribution >= 0.6 is 27.3 Å². The van der Waals surface area contributed by atoms with Crippen molar-refractivity contribution in [2.45, 2.75) is 13.3 Å². The number of carbonyl (C=O) groups excluding carboxylic acids is 1. The van der Waals surface area contributed by atoms with E-state index in [0.29, 0.717) is 6.42 Å². The highest BCUT2D eigenvalue weighted by molar-refractivity contribution is 9.10. The van der Waals surface area contributed by atoms with Crippen LogP contribution in [0.25, 0.3) is 0 Å². The number of benzene rings is 1. The van der Waals surface area contributed by atoms with Gasteiger partial charge in [-0.1, -0.05) is 22.0 Å². The summed E-state index contributed by atoms with van der Waals surface area (Å²) in [4.78, 5) is 17.8. The molecule has 2 aromatic rings. The summed E-state index contributed by atoms with van der Waals surface area (Å²) in [7, 11) is 0. The largest absolute Gasteiger partial charge is 0.368 e. The lowest BCUT2D eigenvalue weighted by Crippen LogP contribution is -2.49. The van der Waals surface area contributed by atoms with Crippen LogP contribution in [0, 0.1) is 6.92 Å². The summed E-state index contributed by atoms with van der Waals surface area (Å²) in [6.07, 6.45) is 0.537. The van der Waals surface area contributed by atoms with Gasteiger partial charge in [0, 0.05) is 41.2 Å². The average molecular weight is 379 g/mol. The molecule has 0 radical (unpaired) electrons. The third kappa shape index (κ3) is 3.52. The molecule has 2 heterocycles. The minimum Gasteiger partial charge on any atom is -0.368 e. The zero-order valence-corrected chi connectivity index (χ0v) is 15.0. The van der Waals surface area contributed by atoms with Crippen molar-refractivity contribution in [3.05, 3.63) is 50.6 Å². The molecule has 0 spiro atoms. The van der Waals surface area contributed by atoms with Gasteiger partial charge in [-0.05, 0) is 42.1 Å². The molecule has 1 aliphatic rings. The maximum Gasteiger partial charge on any atom is 0.227 e. The van der Waals surface area contributed by atoms with Crippen molar-refractivity contribution >= 4 is 38.9 Å². The van der Waals surface area contributed by atoms with Gasteiger partial charge in [0.25, 0.3) is 0 Å². The van der Waals surface area contributed by atoms with E-state index in [9.17, 15) is 4.79 Å². The van der Waals surface area contributed by atoms with E-state index in [-0.39, 0.29) is 5.91 Å². The van der Waals surface area contributed by atoms with Crippen molar-refractivity contribution in [3.8, 4) is 0 Å². The van der Waals surface area contributed by atoms with Crippen LogP contribution in [0.3, 0.4) is 0 Å². The first-order valence-electron chi connectivity index (χ1n) is 7.45. The second kappa shape index (κ2) is 6.84. The van der Waals surface area contributed by atoms with E-state index in [1.807, 2.05) is 22.4 Å². The molecule has 1 amide bonds.